The van der Waals surface area contributed by atoms with E-state index < -0.39 is 0 Å². The third-order valence-corrected chi connectivity index (χ3v) is 3.68. The van der Waals surface area contributed by atoms with E-state index in [1.54, 1.807) is 6.07 Å². The molecule has 1 aliphatic carbocycles. The Morgan fingerprint density at radius 1 is 1.45 bits per heavy atom. The number of halogens is 1. The lowest BCUT2D eigenvalue weighted by molar-refractivity contribution is 0.564. The summed E-state index contributed by atoms with van der Waals surface area (Å²) in [6.07, 6.45) is 4.96. The van der Waals surface area contributed by atoms with E-state index in [1.165, 1.54) is 19.0 Å². The van der Waals surface area contributed by atoms with Crippen molar-refractivity contribution in [2.24, 2.45) is 5.92 Å². The highest BCUT2D eigenvalue weighted by atomic mass is 19.1. The van der Waals surface area contributed by atoms with Crippen LogP contribution < -0.4 is 10.2 Å². The Morgan fingerprint density at radius 2 is 2.20 bits per heavy atom. The lowest BCUT2D eigenvalue weighted by Gasteiger charge is -2.26. The number of pyridine rings is 1. The first-order valence-electron chi connectivity index (χ1n) is 7.73. The Bertz CT molecular complexity index is 430. The lowest BCUT2D eigenvalue weighted by Crippen LogP contribution is -2.30. The van der Waals surface area contributed by atoms with Gasteiger partial charge in [0.1, 0.15) is 11.6 Å². The maximum atomic E-state index is 13.5. The summed E-state index contributed by atoms with van der Waals surface area (Å²) in [6.45, 7) is 9.11. The van der Waals surface area contributed by atoms with Crippen LogP contribution in [0.25, 0.3) is 0 Å². The molecule has 0 radical (unpaired) electrons. The molecule has 1 aromatic heterocycles. The minimum atomic E-state index is -0.249. The van der Waals surface area contributed by atoms with Gasteiger partial charge in [-0.05, 0) is 37.8 Å². The summed E-state index contributed by atoms with van der Waals surface area (Å²) in [5, 5.41) is 3.28. The van der Waals surface area contributed by atoms with Crippen LogP contribution in [0, 0.1) is 11.7 Å². The van der Waals surface area contributed by atoms with Crippen LogP contribution >= 0.6 is 0 Å². The quantitative estimate of drug-likeness (QED) is 0.791. The van der Waals surface area contributed by atoms with Gasteiger partial charge in [0, 0.05) is 24.7 Å². The molecular weight excluding hydrogens is 253 g/mol. The Hall–Kier alpha value is -1.16. The number of hydrogen-bond acceptors (Lipinski definition) is 3. The molecule has 1 fully saturated rings. The van der Waals surface area contributed by atoms with Crippen molar-refractivity contribution in [1.29, 1.82) is 0 Å². The van der Waals surface area contributed by atoms with E-state index in [0.29, 0.717) is 18.5 Å². The molecule has 0 bridgehead atoms. The fourth-order valence-electron chi connectivity index (χ4n) is 2.37. The number of aromatic nitrogens is 1. The van der Waals surface area contributed by atoms with Gasteiger partial charge < -0.3 is 10.2 Å². The van der Waals surface area contributed by atoms with Crippen molar-refractivity contribution in [3.05, 3.63) is 23.6 Å². The van der Waals surface area contributed by atoms with Gasteiger partial charge in [0.15, 0.2) is 0 Å². The van der Waals surface area contributed by atoms with E-state index in [4.69, 9.17) is 0 Å². The van der Waals surface area contributed by atoms with Crippen molar-refractivity contribution in [2.45, 2.75) is 52.6 Å². The maximum absolute atomic E-state index is 13.5. The highest BCUT2D eigenvalue weighted by Crippen LogP contribution is 2.33. The molecule has 1 saturated carbocycles. The molecule has 0 spiro atoms. The Labute approximate surface area is 121 Å². The molecular formula is C16H26FN3. The zero-order chi connectivity index (χ0) is 14.5. The minimum Gasteiger partial charge on any atom is -0.353 e. The number of rotatable bonds is 8. The molecule has 0 saturated heterocycles. The molecule has 1 heterocycles. The Morgan fingerprint density at radius 3 is 2.80 bits per heavy atom. The predicted octanol–water partition coefficient (Wildman–Crippen LogP) is 3.35. The molecule has 2 rings (SSSR count). The van der Waals surface area contributed by atoms with Gasteiger partial charge >= 0.3 is 0 Å². The largest absolute Gasteiger partial charge is 0.353 e. The number of nitrogens with zero attached hydrogens (tertiary/aromatic N) is 2. The van der Waals surface area contributed by atoms with Gasteiger partial charge in [0.05, 0.1) is 6.20 Å². The number of hydrogen-bond donors (Lipinski definition) is 1. The van der Waals surface area contributed by atoms with E-state index in [2.05, 4.69) is 36.0 Å². The zero-order valence-electron chi connectivity index (χ0n) is 12.8. The van der Waals surface area contributed by atoms with Crippen molar-refractivity contribution < 1.29 is 4.39 Å². The van der Waals surface area contributed by atoms with E-state index in [1.807, 2.05) is 0 Å². The summed E-state index contributed by atoms with van der Waals surface area (Å²) >= 11 is 0. The summed E-state index contributed by atoms with van der Waals surface area (Å²) in [5.41, 5.74) is 0.975. The van der Waals surface area contributed by atoms with Crippen molar-refractivity contribution >= 4 is 5.82 Å². The van der Waals surface area contributed by atoms with Gasteiger partial charge in [0.25, 0.3) is 0 Å². The standard InChI is InChI=1S/C16H26FN3/c1-4-18-10-13-9-14(17)11-19-16(13)20(15-5-6-15)8-7-12(2)3/h9,11-12,15,18H,4-8,10H2,1-3H3. The molecule has 1 aliphatic rings. The highest BCUT2D eigenvalue weighted by molar-refractivity contribution is 5.49. The van der Waals surface area contributed by atoms with Crippen LogP contribution in [0.1, 0.15) is 45.6 Å². The van der Waals surface area contributed by atoms with Crippen LogP contribution in [0.4, 0.5) is 10.2 Å². The Balaban J connectivity index is 2.17. The summed E-state index contributed by atoms with van der Waals surface area (Å²) in [4.78, 5) is 6.76. The number of nitrogens with one attached hydrogen (secondary N) is 1. The normalized spacial score (nSPS) is 14.8. The number of anilines is 1. The summed E-state index contributed by atoms with van der Waals surface area (Å²) in [5.74, 6) is 1.39. The van der Waals surface area contributed by atoms with E-state index >= 15 is 0 Å². The van der Waals surface area contributed by atoms with E-state index in [0.717, 1.165) is 30.9 Å². The van der Waals surface area contributed by atoms with Crippen LogP contribution in [0.3, 0.4) is 0 Å². The van der Waals surface area contributed by atoms with Crippen molar-refractivity contribution in [2.75, 3.05) is 18.0 Å². The summed E-state index contributed by atoms with van der Waals surface area (Å²) < 4.78 is 13.5. The van der Waals surface area contributed by atoms with E-state index in [9.17, 15) is 4.39 Å². The van der Waals surface area contributed by atoms with Crippen molar-refractivity contribution in [1.82, 2.24) is 10.3 Å². The SMILES string of the molecule is CCNCc1cc(F)cnc1N(CCC(C)C)C1CC1. The van der Waals surface area contributed by atoms with Crippen LogP contribution in [0.5, 0.6) is 0 Å². The van der Waals surface area contributed by atoms with Crippen LogP contribution in [-0.4, -0.2) is 24.1 Å². The molecule has 1 aromatic rings. The third kappa shape index (κ3) is 4.17. The third-order valence-electron chi connectivity index (χ3n) is 3.68. The predicted molar refractivity (Wildman–Crippen MR) is 81.4 cm³/mol. The van der Waals surface area contributed by atoms with Gasteiger partial charge in [-0.2, -0.15) is 0 Å². The molecule has 112 valence electrons. The average molecular weight is 279 g/mol. The van der Waals surface area contributed by atoms with Crippen LogP contribution in [0.2, 0.25) is 0 Å². The molecule has 1 N–H and O–H groups in total. The molecule has 0 aliphatic heterocycles. The smallest absolute Gasteiger partial charge is 0.141 e. The van der Waals surface area contributed by atoms with Crippen LogP contribution in [-0.2, 0) is 6.54 Å². The molecule has 0 aromatic carbocycles. The van der Waals surface area contributed by atoms with Gasteiger partial charge in [0.2, 0.25) is 0 Å². The fraction of sp³-hybridized carbons (Fsp3) is 0.688. The molecule has 0 unspecified atom stereocenters. The zero-order valence-corrected chi connectivity index (χ0v) is 12.8. The highest BCUT2D eigenvalue weighted by Gasteiger charge is 2.31. The minimum absolute atomic E-state index is 0.249. The molecule has 0 atom stereocenters. The topological polar surface area (TPSA) is 28.2 Å². The average Bonchev–Trinajstić information content (AvgIpc) is 3.22. The maximum Gasteiger partial charge on any atom is 0.141 e. The van der Waals surface area contributed by atoms with E-state index in [-0.39, 0.29) is 5.82 Å². The lowest BCUT2D eigenvalue weighted by atomic mass is 10.1. The second-order valence-corrected chi connectivity index (χ2v) is 6.02. The second kappa shape index (κ2) is 7.02. The second-order valence-electron chi connectivity index (χ2n) is 6.02. The Kier molecular flexibility index (Phi) is 5.35. The first kappa shape index (κ1) is 15.2. The first-order valence-corrected chi connectivity index (χ1v) is 7.73. The molecule has 3 nitrogen and oxygen atoms in total. The molecule has 20 heavy (non-hydrogen) atoms. The van der Waals surface area contributed by atoms with Gasteiger partial charge in [-0.15, -0.1) is 0 Å². The summed E-state index contributed by atoms with van der Waals surface area (Å²) in [7, 11) is 0. The fourth-order valence-corrected chi connectivity index (χ4v) is 2.37. The summed E-state index contributed by atoms with van der Waals surface area (Å²) in [6, 6.07) is 2.22. The van der Waals surface area contributed by atoms with Gasteiger partial charge in [-0.25, -0.2) is 9.37 Å². The van der Waals surface area contributed by atoms with Crippen LogP contribution in [0.15, 0.2) is 12.3 Å². The first-order chi connectivity index (χ1) is 9.61. The monoisotopic (exact) mass is 279 g/mol. The molecule has 0 amide bonds. The van der Waals surface area contributed by atoms with Gasteiger partial charge in [-0.1, -0.05) is 20.8 Å². The van der Waals surface area contributed by atoms with Crippen molar-refractivity contribution in [3.8, 4) is 0 Å². The van der Waals surface area contributed by atoms with Gasteiger partial charge in [-0.3, -0.25) is 0 Å². The molecule has 4 heteroatoms. The van der Waals surface area contributed by atoms with Crippen molar-refractivity contribution in [3.63, 3.8) is 0 Å².